The standard InChI is InChI=1S/C13H27N3/c1-11(2)15-13(4)10-12(3)14-8-7-9-16(5)6/h10-11,15H,7-9H2,1-6H3/b13-10-,14-12?. The summed E-state index contributed by atoms with van der Waals surface area (Å²) in [6.07, 6.45) is 3.23. The maximum absolute atomic E-state index is 4.52. The van der Waals surface area contributed by atoms with Crippen LogP contribution < -0.4 is 5.32 Å². The third-order valence-electron chi connectivity index (χ3n) is 2.07. The summed E-state index contributed by atoms with van der Waals surface area (Å²) in [5, 5.41) is 3.35. The molecular weight excluding hydrogens is 198 g/mol. The van der Waals surface area contributed by atoms with E-state index in [1.807, 2.05) is 0 Å². The summed E-state index contributed by atoms with van der Waals surface area (Å²) >= 11 is 0. The molecule has 0 aromatic rings. The molecule has 0 unspecified atom stereocenters. The molecular formula is C13H27N3. The molecule has 0 aliphatic rings. The summed E-state index contributed by atoms with van der Waals surface area (Å²) < 4.78 is 0. The van der Waals surface area contributed by atoms with Crippen LogP contribution in [0.3, 0.4) is 0 Å². The van der Waals surface area contributed by atoms with E-state index in [0.717, 1.165) is 25.2 Å². The average molecular weight is 225 g/mol. The summed E-state index contributed by atoms with van der Waals surface area (Å²) in [6, 6.07) is 0.484. The molecule has 0 spiro atoms. The van der Waals surface area contributed by atoms with Gasteiger partial charge in [0.05, 0.1) is 0 Å². The summed E-state index contributed by atoms with van der Waals surface area (Å²) in [5.41, 5.74) is 2.29. The number of hydrogen-bond donors (Lipinski definition) is 1. The van der Waals surface area contributed by atoms with Crippen molar-refractivity contribution >= 4 is 5.71 Å². The van der Waals surface area contributed by atoms with Crippen molar-refractivity contribution in [2.75, 3.05) is 27.2 Å². The van der Waals surface area contributed by atoms with Crippen molar-refractivity contribution in [1.29, 1.82) is 0 Å². The summed E-state index contributed by atoms with van der Waals surface area (Å²) in [4.78, 5) is 6.70. The monoisotopic (exact) mass is 225 g/mol. The van der Waals surface area contributed by atoms with Crippen molar-refractivity contribution in [3.8, 4) is 0 Å². The second-order valence-electron chi connectivity index (χ2n) is 4.81. The lowest BCUT2D eigenvalue weighted by Gasteiger charge is -2.10. The van der Waals surface area contributed by atoms with E-state index >= 15 is 0 Å². The topological polar surface area (TPSA) is 27.6 Å². The number of allylic oxidation sites excluding steroid dienone is 2. The largest absolute Gasteiger partial charge is 0.386 e. The van der Waals surface area contributed by atoms with E-state index in [1.165, 1.54) is 5.70 Å². The lowest BCUT2D eigenvalue weighted by atomic mass is 10.3. The second kappa shape index (κ2) is 8.34. The molecule has 0 fully saturated rings. The molecule has 16 heavy (non-hydrogen) atoms. The van der Waals surface area contributed by atoms with Gasteiger partial charge in [-0.25, -0.2) is 0 Å². The highest BCUT2D eigenvalue weighted by Gasteiger charge is 1.94. The van der Waals surface area contributed by atoms with Gasteiger partial charge in [0.2, 0.25) is 0 Å². The molecule has 0 atom stereocenters. The molecule has 94 valence electrons. The van der Waals surface area contributed by atoms with Crippen LogP contribution in [-0.2, 0) is 0 Å². The fourth-order valence-electron chi connectivity index (χ4n) is 1.50. The molecule has 0 aromatic heterocycles. The first-order valence-corrected chi connectivity index (χ1v) is 6.02. The second-order valence-corrected chi connectivity index (χ2v) is 4.81. The Bertz CT molecular complexity index is 240. The lowest BCUT2D eigenvalue weighted by molar-refractivity contribution is 0.403. The number of hydrogen-bond acceptors (Lipinski definition) is 3. The first-order chi connectivity index (χ1) is 7.41. The van der Waals surface area contributed by atoms with Crippen molar-refractivity contribution in [1.82, 2.24) is 10.2 Å². The lowest BCUT2D eigenvalue weighted by Crippen LogP contribution is -2.20. The normalized spacial score (nSPS) is 13.8. The molecule has 1 N–H and O–H groups in total. The summed E-state index contributed by atoms with van der Waals surface area (Å²) in [5.74, 6) is 0. The smallest absolute Gasteiger partial charge is 0.0404 e. The molecule has 0 amide bonds. The Balaban J connectivity index is 3.94. The van der Waals surface area contributed by atoms with Gasteiger partial charge in [0.25, 0.3) is 0 Å². The third kappa shape index (κ3) is 9.71. The minimum absolute atomic E-state index is 0.484. The van der Waals surface area contributed by atoms with Crippen LogP contribution in [0.15, 0.2) is 16.8 Å². The maximum atomic E-state index is 4.52. The maximum Gasteiger partial charge on any atom is 0.0404 e. The van der Waals surface area contributed by atoms with Gasteiger partial charge in [-0.2, -0.15) is 0 Å². The molecule has 0 heterocycles. The Morgan fingerprint density at radius 3 is 2.44 bits per heavy atom. The number of rotatable bonds is 7. The minimum atomic E-state index is 0.484. The molecule has 3 nitrogen and oxygen atoms in total. The number of aliphatic imine (C=N–C) groups is 1. The molecule has 0 aliphatic carbocycles. The van der Waals surface area contributed by atoms with E-state index < -0.39 is 0 Å². The van der Waals surface area contributed by atoms with Gasteiger partial charge in [0.15, 0.2) is 0 Å². The van der Waals surface area contributed by atoms with Crippen LogP contribution in [0.5, 0.6) is 0 Å². The van der Waals surface area contributed by atoms with E-state index in [9.17, 15) is 0 Å². The van der Waals surface area contributed by atoms with Gasteiger partial charge in [-0.3, -0.25) is 4.99 Å². The molecule has 0 aromatic carbocycles. The Kier molecular flexibility index (Phi) is 7.90. The molecule has 3 heteroatoms. The first kappa shape index (κ1) is 15.2. The molecule has 0 bridgehead atoms. The highest BCUT2D eigenvalue weighted by Crippen LogP contribution is 1.93. The molecule has 0 aliphatic heterocycles. The van der Waals surface area contributed by atoms with E-state index in [2.05, 4.69) is 63.1 Å². The highest BCUT2D eigenvalue weighted by atomic mass is 15.0. The van der Waals surface area contributed by atoms with Crippen molar-refractivity contribution in [3.05, 3.63) is 11.8 Å². The average Bonchev–Trinajstić information content (AvgIpc) is 2.10. The first-order valence-electron chi connectivity index (χ1n) is 6.02. The van der Waals surface area contributed by atoms with E-state index in [-0.39, 0.29) is 0 Å². The Labute approximate surface area is 101 Å². The quantitative estimate of drug-likeness (QED) is 0.532. The highest BCUT2D eigenvalue weighted by molar-refractivity contribution is 5.93. The zero-order chi connectivity index (χ0) is 12.6. The van der Waals surface area contributed by atoms with Gasteiger partial charge in [-0.1, -0.05) is 0 Å². The summed E-state index contributed by atoms with van der Waals surface area (Å²) in [6.45, 7) is 10.4. The fourth-order valence-corrected chi connectivity index (χ4v) is 1.50. The zero-order valence-corrected chi connectivity index (χ0v) is 11.7. The van der Waals surface area contributed by atoms with Crippen molar-refractivity contribution < 1.29 is 0 Å². The van der Waals surface area contributed by atoms with Crippen LogP contribution in [-0.4, -0.2) is 43.8 Å². The minimum Gasteiger partial charge on any atom is -0.386 e. The van der Waals surface area contributed by atoms with E-state index in [0.29, 0.717) is 6.04 Å². The van der Waals surface area contributed by atoms with Crippen LogP contribution in [0.4, 0.5) is 0 Å². The molecule has 0 rings (SSSR count). The van der Waals surface area contributed by atoms with Gasteiger partial charge in [-0.15, -0.1) is 0 Å². The van der Waals surface area contributed by atoms with Crippen molar-refractivity contribution in [2.24, 2.45) is 4.99 Å². The van der Waals surface area contributed by atoms with Gasteiger partial charge in [0.1, 0.15) is 0 Å². The number of nitrogens with zero attached hydrogens (tertiary/aromatic N) is 2. The van der Waals surface area contributed by atoms with Crippen LogP contribution in [0.2, 0.25) is 0 Å². The van der Waals surface area contributed by atoms with Crippen molar-refractivity contribution in [3.63, 3.8) is 0 Å². The zero-order valence-electron chi connectivity index (χ0n) is 11.7. The van der Waals surface area contributed by atoms with Gasteiger partial charge in [0, 0.05) is 24.0 Å². The predicted molar refractivity (Wildman–Crippen MR) is 73.2 cm³/mol. The van der Waals surface area contributed by atoms with E-state index in [4.69, 9.17) is 0 Å². The molecule has 0 saturated carbocycles. The SMILES string of the molecule is CC(/C=C(/C)NC(C)C)=NCCCN(C)C. The number of nitrogens with one attached hydrogen (secondary N) is 1. The van der Waals surface area contributed by atoms with Gasteiger partial charge >= 0.3 is 0 Å². The Morgan fingerprint density at radius 2 is 1.94 bits per heavy atom. The predicted octanol–water partition coefficient (Wildman–Crippen LogP) is 2.30. The fraction of sp³-hybridized carbons (Fsp3) is 0.769. The third-order valence-corrected chi connectivity index (χ3v) is 2.07. The van der Waals surface area contributed by atoms with Gasteiger partial charge < -0.3 is 10.2 Å². The van der Waals surface area contributed by atoms with Crippen LogP contribution >= 0.6 is 0 Å². The summed E-state index contributed by atoms with van der Waals surface area (Å²) in [7, 11) is 4.18. The molecule has 0 saturated heterocycles. The van der Waals surface area contributed by atoms with E-state index in [1.54, 1.807) is 0 Å². The Hall–Kier alpha value is -0.830. The van der Waals surface area contributed by atoms with Crippen LogP contribution in [0, 0.1) is 0 Å². The van der Waals surface area contributed by atoms with Crippen LogP contribution in [0.1, 0.15) is 34.1 Å². The Morgan fingerprint density at radius 1 is 1.31 bits per heavy atom. The van der Waals surface area contributed by atoms with Gasteiger partial charge in [-0.05, 0) is 60.8 Å². The van der Waals surface area contributed by atoms with Crippen molar-refractivity contribution in [2.45, 2.75) is 40.2 Å². The molecule has 0 radical (unpaired) electrons. The van der Waals surface area contributed by atoms with Crippen LogP contribution in [0.25, 0.3) is 0 Å².